The Labute approximate surface area is 169 Å². The molecule has 1 atom stereocenters. The number of anilines is 1. The van der Waals surface area contributed by atoms with E-state index in [4.69, 9.17) is 16.3 Å². The summed E-state index contributed by atoms with van der Waals surface area (Å²) < 4.78 is 18.2. The third-order valence-corrected chi connectivity index (χ3v) is 4.76. The van der Waals surface area contributed by atoms with Crippen molar-refractivity contribution in [3.63, 3.8) is 0 Å². The molecular formula is C21H23ClFN3O2. The molecular weight excluding hydrogens is 381 g/mol. The Morgan fingerprint density at radius 3 is 3.07 bits per heavy atom. The van der Waals surface area contributed by atoms with E-state index < -0.39 is 5.97 Å². The highest BCUT2D eigenvalue weighted by molar-refractivity contribution is 6.33. The van der Waals surface area contributed by atoms with Gasteiger partial charge >= 0.3 is 5.97 Å². The van der Waals surface area contributed by atoms with Gasteiger partial charge in [-0.05, 0) is 48.7 Å². The van der Waals surface area contributed by atoms with Gasteiger partial charge in [0.2, 0.25) is 0 Å². The molecule has 2 aromatic rings. The minimum absolute atomic E-state index is 0.209. The van der Waals surface area contributed by atoms with Gasteiger partial charge in [0.15, 0.2) is 0 Å². The third-order valence-electron chi connectivity index (χ3n) is 4.47. The Morgan fingerprint density at radius 1 is 1.46 bits per heavy atom. The van der Waals surface area contributed by atoms with E-state index in [1.165, 1.54) is 12.1 Å². The van der Waals surface area contributed by atoms with E-state index in [1.807, 2.05) is 6.07 Å². The quantitative estimate of drug-likeness (QED) is 0.556. The van der Waals surface area contributed by atoms with Crippen LogP contribution < -0.4 is 5.32 Å². The molecule has 3 rings (SSSR count). The number of pyridine rings is 1. The van der Waals surface area contributed by atoms with Crippen molar-refractivity contribution in [2.24, 2.45) is 0 Å². The molecule has 1 aromatic heterocycles. The van der Waals surface area contributed by atoms with Crippen molar-refractivity contribution in [2.45, 2.75) is 25.9 Å². The fourth-order valence-electron chi connectivity index (χ4n) is 3.19. The van der Waals surface area contributed by atoms with Gasteiger partial charge in [-0.3, -0.25) is 4.90 Å². The molecule has 0 radical (unpaired) electrons. The molecule has 1 aromatic carbocycles. The molecule has 1 saturated heterocycles. The molecule has 0 aliphatic carbocycles. The van der Waals surface area contributed by atoms with Crippen LogP contribution in [0, 0.1) is 5.82 Å². The number of aromatic nitrogens is 1. The van der Waals surface area contributed by atoms with Crippen LogP contribution in [0.3, 0.4) is 0 Å². The fraction of sp³-hybridized carbons (Fsp3) is 0.333. The van der Waals surface area contributed by atoms with Gasteiger partial charge in [-0.1, -0.05) is 23.7 Å². The smallest absolute Gasteiger partial charge is 0.330 e. The molecule has 0 unspecified atom stereocenters. The number of benzene rings is 1. The highest BCUT2D eigenvalue weighted by Crippen LogP contribution is 2.24. The van der Waals surface area contributed by atoms with E-state index in [0.29, 0.717) is 24.0 Å². The summed E-state index contributed by atoms with van der Waals surface area (Å²) in [4.78, 5) is 18.0. The first-order valence-corrected chi connectivity index (χ1v) is 9.65. The standard InChI is InChI=1S/C21H23ClFN3O2/c1-2-28-20(27)7-6-15-11-19(22)21(24-12-15)25-18-8-9-26(14-18)13-16-4-3-5-17(23)10-16/h3-7,10-12,18H,2,8-9,13-14H2,1H3,(H,24,25)/t18-/m1/s1. The Hall–Kier alpha value is -2.44. The predicted molar refractivity (Wildman–Crippen MR) is 109 cm³/mol. The maximum atomic E-state index is 13.3. The highest BCUT2D eigenvalue weighted by atomic mass is 35.5. The van der Waals surface area contributed by atoms with E-state index in [1.54, 1.807) is 37.4 Å². The third kappa shape index (κ3) is 5.78. The summed E-state index contributed by atoms with van der Waals surface area (Å²) >= 11 is 6.34. The van der Waals surface area contributed by atoms with Gasteiger partial charge in [0.1, 0.15) is 11.6 Å². The lowest BCUT2D eigenvalue weighted by Gasteiger charge is -2.17. The number of likely N-dealkylation sites (tertiary alicyclic amines) is 1. The summed E-state index contributed by atoms with van der Waals surface area (Å²) in [6, 6.07) is 8.67. The van der Waals surface area contributed by atoms with Crippen LogP contribution in [0.25, 0.3) is 6.08 Å². The molecule has 1 fully saturated rings. The summed E-state index contributed by atoms with van der Waals surface area (Å²) in [5, 5.41) is 3.87. The maximum absolute atomic E-state index is 13.3. The Kier molecular flexibility index (Phi) is 7.01. The van der Waals surface area contributed by atoms with Crippen LogP contribution >= 0.6 is 11.6 Å². The van der Waals surface area contributed by atoms with Crippen molar-refractivity contribution < 1.29 is 13.9 Å². The van der Waals surface area contributed by atoms with E-state index in [0.717, 1.165) is 30.6 Å². The Bertz CT molecular complexity index is 859. The largest absolute Gasteiger partial charge is 0.463 e. The van der Waals surface area contributed by atoms with Gasteiger partial charge < -0.3 is 10.1 Å². The van der Waals surface area contributed by atoms with Crippen LogP contribution in [-0.4, -0.2) is 41.6 Å². The molecule has 2 heterocycles. The minimum atomic E-state index is -0.398. The number of hydrogen-bond acceptors (Lipinski definition) is 5. The number of halogens is 2. The van der Waals surface area contributed by atoms with Gasteiger partial charge in [-0.15, -0.1) is 0 Å². The number of rotatable bonds is 7. The molecule has 28 heavy (non-hydrogen) atoms. The minimum Gasteiger partial charge on any atom is -0.463 e. The number of ether oxygens (including phenoxy) is 1. The van der Waals surface area contributed by atoms with Gasteiger partial charge in [-0.25, -0.2) is 14.2 Å². The molecule has 0 spiro atoms. The SMILES string of the molecule is CCOC(=O)C=Cc1cnc(N[C@@H]2CCN(Cc3cccc(F)c3)C2)c(Cl)c1. The second kappa shape index (κ2) is 9.66. The lowest BCUT2D eigenvalue weighted by atomic mass is 10.2. The Morgan fingerprint density at radius 2 is 2.32 bits per heavy atom. The van der Waals surface area contributed by atoms with Crippen LogP contribution in [0.1, 0.15) is 24.5 Å². The average molecular weight is 404 g/mol. The molecule has 1 aliphatic heterocycles. The monoisotopic (exact) mass is 403 g/mol. The van der Waals surface area contributed by atoms with Crippen LogP contribution in [0.2, 0.25) is 5.02 Å². The van der Waals surface area contributed by atoms with Crippen LogP contribution in [0.5, 0.6) is 0 Å². The normalized spacial score (nSPS) is 17.2. The zero-order chi connectivity index (χ0) is 19.9. The van der Waals surface area contributed by atoms with Crippen molar-refractivity contribution >= 4 is 29.5 Å². The zero-order valence-electron chi connectivity index (χ0n) is 15.7. The average Bonchev–Trinajstić information content (AvgIpc) is 3.09. The van der Waals surface area contributed by atoms with Crippen molar-refractivity contribution in [3.05, 3.63) is 64.6 Å². The fourth-order valence-corrected chi connectivity index (χ4v) is 3.41. The number of hydrogen-bond donors (Lipinski definition) is 1. The molecule has 1 N–H and O–H groups in total. The first kappa shape index (κ1) is 20.3. The van der Waals surface area contributed by atoms with Gasteiger partial charge in [-0.2, -0.15) is 0 Å². The second-order valence-corrected chi connectivity index (χ2v) is 7.09. The van der Waals surface area contributed by atoms with Crippen molar-refractivity contribution in [1.29, 1.82) is 0 Å². The summed E-state index contributed by atoms with van der Waals surface area (Å²) in [6.07, 6.45) is 5.59. The summed E-state index contributed by atoms with van der Waals surface area (Å²) in [7, 11) is 0. The highest BCUT2D eigenvalue weighted by Gasteiger charge is 2.23. The van der Waals surface area contributed by atoms with Crippen LogP contribution in [0.4, 0.5) is 10.2 Å². The van der Waals surface area contributed by atoms with Gasteiger partial charge in [0.05, 0.1) is 11.6 Å². The molecule has 5 nitrogen and oxygen atoms in total. The van der Waals surface area contributed by atoms with Gasteiger partial charge in [0.25, 0.3) is 0 Å². The molecule has 0 saturated carbocycles. The summed E-state index contributed by atoms with van der Waals surface area (Å²) in [5.74, 6) is 0.0113. The number of nitrogens with one attached hydrogen (secondary N) is 1. The molecule has 0 bridgehead atoms. The lowest BCUT2D eigenvalue weighted by Crippen LogP contribution is -2.26. The molecule has 7 heteroatoms. The second-order valence-electron chi connectivity index (χ2n) is 6.68. The van der Waals surface area contributed by atoms with E-state index in [2.05, 4.69) is 15.2 Å². The Balaban J connectivity index is 1.55. The maximum Gasteiger partial charge on any atom is 0.330 e. The first-order chi connectivity index (χ1) is 13.5. The van der Waals surface area contributed by atoms with E-state index >= 15 is 0 Å². The van der Waals surface area contributed by atoms with Crippen LogP contribution in [-0.2, 0) is 16.1 Å². The van der Waals surface area contributed by atoms with Crippen molar-refractivity contribution in [1.82, 2.24) is 9.88 Å². The molecule has 1 aliphatic rings. The number of nitrogens with zero attached hydrogens (tertiary/aromatic N) is 2. The zero-order valence-corrected chi connectivity index (χ0v) is 16.5. The van der Waals surface area contributed by atoms with E-state index in [9.17, 15) is 9.18 Å². The van der Waals surface area contributed by atoms with Gasteiger partial charge in [0, 0.05) is 37.9 Å². The van der Waals surface area contributed by atoms with E-state index in [-0.39, 0.29) is 11.9 Å². The topological polar surface area (TPSA) is 54.5 Å². The number of carbonyl (C=O) groups is 1. The van der Waals surface area contributed by atoms with Crippen LogP contribution in [0.15, 0.2) is 42.6 Å². The summed E-state index contributed by atoms with van der Waals surface area (Å²) in [6.45, 7) is 4.56. The predicted octanol–water partition coefficient (Wildman–Crippen LogP) is 4.14. The van der Waals surface area contributed by atoms with Crippen molar-refractivity contribution in [2.75, 3.05) is 25.0 Å². The summed E-state index contributed by atoms with van der Waals surface area (Å²) in [5.41, 5.74) is 1.69. The van der Waals surface area contributed by atoms with Crippen molar-refractivity contribution in [3.8, 4) is 0 Å². The first-order valence-electron chi connectivity index (χ1n) is 9.27. The number of carbonyl (C=O) groups excluding carboxylic acids is 1. The molecule has 0 amide bonds. The number of esters is 1. The lowest BCUT2D eigenvalue weighted by molar-refractivity contribution is -0.137. The molecule has 148 valence electrons.